The van der Waals surface area contributed by atoms with Crippen molar-refractivity contribution < 1.29 is 9.53 Å². The van der Waals surface area contributed by atoms with Gasteiger partial charge >= 0.3 is 0 Å². The van der Waals surface area contributed by atoms with E-state index in [0.29, 0.717) is 18.9 Å². The molecule has 1 heterocycles. The lowest BCUT2D eigenvalue weighted by Crippen LogP contribution is -2.27. The van der Waals surface area contributed by atoms with Crippen molar-refractivity contribution in [3.63, 3.8) is 0 Å². The molecule has 0 fully saturated rings. The summed E-state index contributed by atoms with van der Waals surface area (Å²) in [6, 6.07) is 11.7. The van der Waals surface area contributed by atoms with Crippen LogP contribution in [0.3, 0.4) is 0 Å². The third-order valence-corrected chi connectivity index (χ3v) is 4.09. The molecule has 2 aromatic rings. The molecule has 0 unspecified atom stereocenters. The van der Waals surface area contributed by atoms with Crippen LogP contribution < -0.4 is 4.74 Å². The highest BCUT2D eigenvalue weighted by Gasteiger charge is 2.10. The molecule has 0 bridgehead atoms. The van der Waals surface area contributed by atoms with Crippen molar-refractivity contribution in [2.24, 2.45) is 0 Å². The standard InChI is InChI=1S/C17H20N2O2S/c1-3-21-15-4-6-16(7-5-15)22-13-17(20)19(2)12-14-8-10-18-11-9-14/h4-11H,3,12-13H2,1-2H3. The molecule has 0 N–H and O–H groups in total. The van der Waals surface area contributed by atoms with Crippen molar-refractivity contribution in [3.8, 4) is 5.75 Å². The van der Waals surface area contributed by atoms with Gasteiger partial charge in [-0.25, -0.2) is 0 Å². The van der Waals surface area contributed by atoms with E-state index in [-0.39, 0.29) is 5.91 Å². The Hall–Kier alpha value is -2.01. The second kappa shape index (κ2) is 8.44. The van der Waals surface area contributed by atoms with E-state index in [2.05, 4.69) is 4.98 Å². The average Bonchev–Trinajstić information content (AvgIpc) is 2.55. The Labute approximate surface area is 135 Å². The first-order valence-electron chi connectivity index (χ1n) is 7.17. The van der Waals surface area contributed by atoms with E-state index in [1.165, 1.54) is 11.8 Å². The molecule has 0 atom stereocenters. The summed E-state index contributed by atoms with van der Waals surface area (Å²) in [5.74, 6) is 1.39. The van der Waals surface area contributed by atoms with Crippen LogP contribution in [0.15, 0.2) is 53.7 Å². The smallest absolute Gasteiger partial charge is 0.232 e. The Kier molecular flexibility index (Phi) is 6.27. The molecule has 0 aliphatic rings. The van der Waals surface area contributed by atoms with Crippen molar-refractivity contribution in [2.45, 2.75) is 18.4 Å². The van der Waals surface area contributed by atoms with Gasteiger partial charge in [-0.2, -0.15) is 0 Å². The first kappa shape index (κ1) is 16.4. The van der Waals surface area contributed by atoms with Gasteiger partial charge in [-0.05, 0) is 48.9 Å². The molecule has 0 saturated carbocycles. The fourth-order valence-electron chi connectivity index (χ4n) is 1.90. The summed E-state index contributed by atoms with van der Waals surface area (Å²) in [6.07, 6.45) is 3.48. The first-order chi connectivity index (χ1) is 10.7. The average molecular weight is 316 g/mol. The highest BCUT2D eigenvalue weighted by atomic mass is 32.2. The van der Waals surface area contributed by atoms with E-state index in [0.717, 1.165) is 16.2 Å². The molecule has 0 aliphatic carbocycles. The number of hydrogen-bond acceptors (Lipinski definition) is 4. The molecule has 0 radical (unpaired) electrons. The van der Waals surface area contributed by atoms with E-state index >= 15 is 0 Å². The molecule has 1 aromatic heterocycles. The number of carbonyl (C=O) groups excluding carboxylic acids is 1. The normalized spacial score (nSPS) is 10.3. The van der Waals surface area contributed by atoms with Crippen LogP contribution in [-0.2, 0) is 11.3 Å². The topological polar surface area (TPSA) is 42.4 Å². The molecular weight excluding hydrogens is 296 g/mol. The fourth-order valence-corrected chi connectivity index (χ4v) is 2.74. The molecule has 4 nitrogen and oxygen atoms in total. The van der Waals surface area contributed by atoms with Gasteiger partial charge in [0.05, 0.1) is 12.4 Å². The lowest BCUT2D eigenvalue weighted by Gasteiger charge is -2.17. The Morgan fingerprint density at radius 2 is 1.86 bits per heavy atom. The minimum Gasteiger partial charge on any atom is -0.494 e. The lowest BCUT2D eigenvalue weighted by atomic mass is 10.2. The number of carbonyl (C=O) groups is 1. The molecule has 1 aromatic carbocycles. The summed E-state index contributed by atoms with van der Waals surface area (Å²) in [7, 11) is 1.82. The molecule has 0 saturated heterocycles. The van der Waals surface area contributed by atoms with Gasteiger partial charge < -0.3 is 9.64 Å². The number of hydrogen-bond donors (Lipinski definition) is 0. The van der Waals surface area contributed by atoms with Crippen LogP contribution in [0.25, 0.3) is 0 Å². The van der Waals surface area contributed by atoms with Gasteiger partial charge in [0.2, 0.25) is 5.91 Å². The largest absolute Gasteiger partial charge is 0.494 e. The van der Waals surface area contributed by atoms with Gasteiger partial charge in [0.15, 0.2) is 0 Å². The predicted octanol–water partition coefficient (Wildman–Crippen LogP) is 3.23. The summed E-state index contributed by atoms with van der Waals surface area (Å²) in [5, 5.41) is 0. The minimum absolute atomic E-state index is 0.107. The zero-order valence-corrected chi connectivity index (χ0v) is 13.7. The number of pyridine rings is 1. The number of amides is 1. The molecule has 22 heavy (non-hydrogen) atoms. The van der Waals surface area contributed by atoms with Gasteiger partial charge in [-0.1, -0.05) is 0 Å². The van der Waals surface area contributed by atoms with Gasteiger partial charge in [0, 0.05) is 30.9 Å². The molecule has 116 valence electrons. The van der Waals surface area contributed by atoms with Crippen LogP contribution in [0.4, 0.5) is 0 Å². The van der Waals surface area contributed by atoms with E-state index in [4.69, 9.17) is 4.74 Å². The molecular formula is C17H20N2O2S. The van der Waals surface area contributed by atoms with E-state index in [9.17, 15) is 4.79 Å². The Morgan fingerprint density at radius 1 is 1.18 bits per heavy atom. The minimum atomic E-state index is 0.107. The number of benzene rings is 1. The zero-order valence-electron chi connectivity index (χ0n) is 12.9. The van der Waals surface area contributed by atoms with E-state index < -0.39 is 0 Å². The quantitative estimate of drug-likeness (QED) is 0.736. The van der Waals surface area contributed by atoms with E-state index in [1.54, 1.807) is 17.3 Å². The predicted molar refractivity (Wildman–Crippen MR) is 89.0 cm³/mol. The monoisotopic (exact) mass is 316 g/mol. The number of rotatable bonds is 7. The summed E-state index contributed by atoms with van der Waals surface area (Å²) in [6.45, 7) is 3.22. The highest BCUT2D eigenvalue weighted by Crippen LogP contribution is 2.21. The molecule has 2 rings (SSSR count). The van der Waals surface area contributed by atoms with Gasteiger partial charge in [-0.15, -0.1) is 11.8 Å². The van der Waals surface area contributed by atoms with Gasteiger partial charge in [-0.3, -0.25) is 9.78 Å². The third kappa shape index (κ3) is 5.07. The van der Waals surface area contributed by atoms with Crippen molar-refractivity contribution in [2.75, 3.05) is 19.4 Å². The Morgan fingerprint density at radius 3 is 2.50 bits per heavy atom. The Bertz CT molecular complexity index is 587. The molecule has 1 amide bonds. The highest BCUT2D eigenvalue weighted by molar-refractivity contribution is 8.00. The van der Waals surface area contributed by atoms with Crippen LogP contribution in [0.1, 0.15) is 12.5 Å². The number of ether oxygens (including phenoxy) is 1. The lowest BCUT2D eigenvalue weighted by molar-refractivity contribution is -0.127. The van der Waals surface area contributed by atoms with Crippen LogP contribution in [-0.4, -0.2) is 35.2 Å². The summed E-state index contributed by atoms with van der Waals surface area (Å²) >= 11 is 1.54. The SMILES string of the molecule is CCOc1ccc(SCC(=O)N(C)Cc2ccncc2)cc1. The summed E-state index contributed by atoms with van der Waals surface area (Å²) in [4.78, 5) is 18.9. The summed E-state index contributed by atoms with van der Waals surface area (Å²) in [5.41, 5.74) is 1.08. The second-order valence-corrected chi connectivity index (χ2v) is 5.85. The van der Waals surface area contributed by atoms with Crippen LogP contribution >= 0.6 is 11.8 Å². The number of nitrogens with zero attached hydrogens (tertiary/aromatic N) is 2. The maximum Gasteiger partial charge on any atom is 0.232 e. The maximum absolute atomic E-state index is 12.2. The van der Waals surface area contributed by atoms with Crippen molar-refractivity contribution in [1.29, 1.82) is 0 Å². The summed E-state index contributed by atoms with van der Waals surface area (Å²) < 4.78 is 5.40. The van der Waals surface area contributed by atoms with Gasteiger partial charge in [0.25, 0.3) is 0 Å². The van der Waals surface area contributed by atoms with Crippen molar-refractivity contribution in [1.82, 2.24) is 9.88 Å². The first-order valence-corrected chi connectivity index (χ1v) is 8.16. The van der Waals surface area contributed by atoms with E-state index in [1.807, 2.05) is 50.4 Å². The molecule has 0 aliphatic heterocycles. The number of thioether (sulfide) groups is 1. The third-order valence-electron chi connectivity index (χ3n) is 3.09. The van der Waals surface area contributed by atoms with Gasteiger partial charge in [0.1, 0.15) is 5.75 Å². The Balaban J connectivity index is 1.81. The van der Waals surface area contributed by atoms with Crippen LogP contribution in [0, 0.1) is 0 Å². The molecule has 5 heteroatoms. The molecule has 0 spiro atoms. The van der Waals surface area contributed by atoms with Crippen molar-refractivity contribution in [3.05, 3.63) is 54.4 Å². The zero-order chi connectivity index (χ0) is 15.8. The fraction of sp³-hybridized carbons (Fsp3) is 0.294. The second-order valence-electron chi connectivity index (χ2n) is 4.80. The maximum atomic E-state index is 12.2. The number of aromatic nitrogens is 1. The van der Waals surface area contributed by atoms with Crippen LogP contribution in [0.2, 0.25) is 0 Å². The van der Waals surface area contributed by atoms with Crippen molar-refractivity contribution >= 4 is 17.7 Å². The van der Waals surface area contributed by atoms with Crippen LogP contribution in [0.5, 0.6) is 5.75 Å².